The highest BCUT2D eigenvalue weighted by Crippen LogP contribution is 2.44. The van der Waals surface area contributed by atoms with Gasteiger partial charge in [-0.25, -0.2) is 9.59 Å². The van der Waals surface area contributed by atoms with E-state index in [1.807, 2.05) is 148 Å². The quantitative estimate of drug-likeness (QED) is 0.0926. The largest absolute Gasteiger partial charge is 0.449 e. The summed E-state index contributed by atoms with van der Waals surface area (Å²) in [5.41, 5.74) is 10.4. The van der Waals surface area contributed by atoms with Gasteiger partial charge in [0, 0.05) is 5.92 Å². The first kappa shape index (κ1) is 39.4. The van der Waals surface area contributed by atoms with E-state index in [0.717, 1.165) is 38.9 Å². The van der Waals surface area contributed by atoms with Gasteiger partial charge in [-0.2, -0.15) is 4.98 Å². The van der Waals surface area contributed by atoms with Crippen LogP contribution < -0.4 is 16.4 Å². The van der Waals surface area contributed by atoms with E-state index in [-0.39, 0.29) is 37.3 Å². The number of amides is 3. The number of primary amides is 1. The van der Waals surface area contributed by atoms with Crippen LogP contribution in [0.4, 0.5) is 9.59 Å². The van der Waals surface area contributed by atoms with Gasteiger partial charge in [-0.15, -0.1) is 0 Å². The van der Waals surface area contributed by atoms with E-state index in [9.17, 15) is 14.4 Å². The molecule has 0 spiro atoms. The summed E-state index contributed by atoms with van der Waals surface area (Å²) in [4.78, 5) is 44.8. The number of carbonyl (C=O) groups excluding carboxylic acids is 3. The molecule has 0 radical (unpaired) electrons. The molecule has 0 saturated heterocycles. The van der Waals surface area contributed by atoms with Gasteiger partial charge >= 0.3 is 12.2 Å². The third-order valence-electron chi connectivity index (χ3n) is 9.94. The number of ether oxygens (including phenoxy) is 3. The number of aromatic nitrogens is 2. The lowest BCUT2D eigenvalue weighted by Crippen LogP contribution is -2.48. The molecule has 0 bridgehead atoms. The van der Waals surface area contributed by atoms with Crippen molar-refractivity contribution in [3.63, 3.8) is 0 Å². The first-order valence-corrected chi connectivity index (χ1v) is 19.0. The molecule has 58 heavy (non-hydrogen) atoms. The molecule has 1 aromatic heterocycles. The average Bonchev–Trinajstić information content (AvgIpc) is 3.85. The Kier molecular flexibility index (Phi) is 11.7. The van der Waals surface area contributed by atoms with Crippen molar-refractivity contribution in [2.45, 2.75) is 56.4 Å². The van der Waals surface area contributed by atoms with E-state index < -0.39 is 41.4 Å². The van der Waals surface area contributed by atoms with E-state index in [4.69, 9.17) is 24.5 Å². The normalized spacial score (nSPS) is 13.4. The molecule has 0 fully saturated rings. The first-order valence-electron chi connectivity index (χ1n) is 19.0. The van der Waals surface area contributed by atoms with Crippen LogP contribution in [0.5, 0.6) is 0 Å². The Morgan fingerprint density at radius 3 is 1.74 bits per heavy atom. The second kappa shape index (κ2) is 17.1. The van der Waals surface area contributed by atoms with Gasteiger partial charge in [-0.3, -0.25) is 4.79 Å². The molecule has 12 heteroatoms. The summed E-state index contributed by atoms with van der Waals surface area (Å²) in [6.07, 6.45) is -3.36. The standard InChI is InChI=1S/C46H45N5O7/c1-45(2,3)56-29-39(57-43(47)53)41-49-42(58-51-41)38(48-44(54)55-28-37-35-25-15-13-23-33(35)34-24-14-16-26-36(34)37)27-40(52)50-46(30-17-7-4-8-18-30,31-19-9-5-10-20-31)32-21-11-6-12-22-32/h4-26,37-39H,27-29H2,1-3H3,(H2,47,53)(H,48,54)(H,50,52). The fourth-order valence-corrected chi connectivity index (χ4v) is 7.36. The highest BCUT2D eigenvalue weighted by atomic mass is 16.6. The molecule has 0 saturated carbocycles. The molecular formula is C46H45N5O7. The number of fused-ring (bicyclic) bond motifs is 3. The zero-order valence-corrected chi connectivity index (χ0v) is 32.5. The predicted molar refractivity (Wildman–Crippen MR) is 216 cm³/mol. The van der Waals surface area contributed by atoms with E-state index >= 15 is 0 Å². The molecule has 6 aromatic rings. The van der Waals surface area contributed by atoms with Crippen LogP contribution in [0.1, 0.15) is 84.8 Å². The summed E-state index contributed by atoms with van der Waals surface area (Å²) in [7, 11) is 0. The lowest BCUT2D eigenvalue weighted by molar-refractivity contribution is -0.123. The van der Waals surface area contributed by atoms with Gasteiger partial charge in [0.15, 0.2) is 6.10 Å². The molecule has 5 aromatic carbocycles. The molecule has 2 atom stereocenters. The molecule has 7 rings (SSSR count). The fourth-order valence-electron chi connectivity index (χ4n) is 7.36. The number of benzene rings is 5. The molecule has 1 heterocycles. The van der Waals surface area contributed by atoms with Crippen LogP contribution in [-0.4, -0.2) is 47.0 Å². The number of carbonyl (C=O) groups is 3. The van der Waals surface area contributed by atoms with Gasteiger partial charge in [0.2, 0.25) is 17.6 Å². The monoisotopic (exact) mass is 779 g/mol. The van der Waals surface area contributed by atoms with Gasteiger partial charge in [0.05, 0.1) is 18.6 Å². The van der Waals surface area contributed by atoms with Gasteiger partial charge in [-0.1, -0.05) is 145 Å². The van der Waals surface area contributed by atoms with Crippen molar-refractivity contribution in [2.75, 3.05) is 13.2 Å². The number of alkyl carbamates (subject to hydrolysis) is 1. The Hall–Kier alpha value is -6.79. The zero-order valence-electron chi connectivity index (χ0n) is 32.5. The maximum atomic E-state index is 14.6. The van der Waals surface area contributed by atoms with Crippen molar-refractivity contribution in [1.29, 1.82) is 0 Å². The Labute approximate surface area is 336 Å². The molecule has 1 aliphatic carbocycles. The summed E-state index contributed by atoms with van der Waals surface area (Å²) in [6, 6.07) is 43.8. The van der Waals surface area contributed by atoms with Crippen LogP contribution in [0.2, 0.25) is 0 Å². The predicted octanol–water partition coefficient (Wildman–Crippen LogP) is 8.10. The molecule has 296 valence electrons. The van der Waals surface area contributed by atoms with E-state index in [1.54, 1.807) is 0 Å². The van der Waals surface area contributed by atoms with Crippen LogP contribution in [0.25, 0.3) is 11.1 Å². The Morgan fingerprint density at radius 1 is 0.741 bits per heavy atom. The topological polar surface area (TPSA) is 168 Å². The van der Waals surface area contributed by atoms with Crippen molar-refractivity contribution >= 4 is 18.1 Å². The summed E-state index contributed by atoms with van der Waals surface area (Å²) in [6.45, 7) is 5.41. The summed E-state index contributed by atoms with van der Waals surface area (Å²) < 4.78 is 22.7. The Bertz CT molecular complexity index is 2200. The van der Waals surface area contributed by atoms with Crippen LogP contribution >= 0.6 is 0 Å². The molecule has 12 nitrogen and oxygen atoms in total. The third kappa shape index (κ3) is 8.77. The van der Waals surface area contributed by atoms with Crippen molar-refractivity contribution < 1.29 is 33.1 Å². The third-order valence-corrected chi connectivity index (χ3v) is 9.94. The summed E-state index contributed by atoms with van der Waals surface area (Å²) in [5.74, 6) is -0.851. The van der Waals surface area contributed by atoms with Crippen molar-refractivity contribution in [2.24, 2.45) is 5.73 Å². The molecule has 3 amide bonds. The van der Waals surface area contributed by atoms with Crippen LogP contribution in [-0.2, 0) is 24.5 Å². The maximum Gasteiger partial charge on any atom is 0.407 e. The average molecular weight is 780 g/mol. The minimum Gasteiger partial charge on any atom is -0.449 e. The smallest absolute Gasteiger partial charge is 0.407 e. The Balaban J connectivity index is 1.20. The number of rotatable bonds is 14. The SMILES string of the molecule is CC(C)(C)OCC(OC(N)=O)c1noc(C(CC(=O)NC(c2ccccc2)(c2ccccc2)c2ccccc2)NC(=O)OCC2c3ccccc3-c3ccccc32)n1. The molecular weight excluding hydrogens is 735 g/mol. The van der Waals surface area contributed by atoms with Crippen LogP contribution in [0.15, 0.2) is 144 Å². The number of nitrogens with two attached hydrogens (primary N) is 1. The minimum atomic E-state index is -1.19. The van der Waals surface area contributed by atoms with Crippen molar-refractivity contribution in [3.05, 3.63) is 179 Å². The lowest BCUT2D eigenvalue weighted by atomic mass is 9.77. The van der Waals surface area contributed by atoms with E-state index in [2.05, 4.69) is 32.9 Å². The van der Waals surface area contributed by atoms with Crippen molar-refractivity contribution in [3.8, 4) is 11.1 Å². The number of nitrogens with zero attached hydrogens (tertiary/aromatic N) is 2. The lowest BCUT2D eigenvalue weighted by Gasteiger charge is -2.37. The molecule has 1 aliphatic rings. The van der Waals surface area contributed by atoms with E-state index in [0.29, 0.717) is 0 Å². The molecule has 0 aliphatic heterocycles. The highest BCUT2D eigenvalue weighted by Gasteiger charge is 2.39. The van der Waals surface area contributed by atoms with Gasteiger partial charge in [0.1, 0.15) is 18.2 Å². The summed E-state index contributed by atoms with van der Waals surface area (Å²) >= 11 is 0. The molecule has 4 N–H and O–H groups in total. The summed E-state index contributed by atoms with van der Waals surface area (Å²) in [5, 5.41) is 10.2. The second-order valence-corrected chi connectivity index (χ2v) is 15.0. The van der Waals surface area contributed by atoms with Crippen LogP contribution in [0.3, 0.4) is 0 Å². The number of hydrogen-bond acceptors (Lipinski definition) is 9. The van der Waals surface area contributed by atoms with Gasteiger partial charge < -0.3 is 35.1 Å². The number of hydrogen-bond donors (Lipinski definition) is 3. The van der Waals surface area contributed by atoms with Crippen molar-refractivity contribution in [1.82, 2.24) is 20.8 Å². The number of nitrogens with one attached hydrogen (secondary N) is 2. The van der Waals surface area contributed by atoms with Gasteiger partial charge in [-0.05, 0) is 59.7 Å². The fraction of sp³-hybridized carbons (Fsp3) is 0.239. The highest BCUT2D eigenvalue weighted by molar-refractivity contribution is 5.81. The zero-order chi connectivity index (χ0) is 40.7. The maximum absolute atomic E-state index is 14.6. The molecule has 2 unspecified atom stereocenters. The minimum absolute atomic E-state index is 0.0334. The second-order valence-electron chi connectivity index (χ2n) is 15.0. The van der Waals surface area contributed by atoms with E-state index in [1.165, 1.54) is 0 Å². The Morgan fingerprint density at radius 2 is 1.24 bits per heavy atom. The van der Waals surface area contributed by atoms with Crippen LogP contribution in [0, 0.1) is 0 Å². The first-order chi connectivity index (χ1) is 28.0. The van der Waals surface area contributed by atoms with Gasteiger partial charge in [0.25, 0.3) is 0 Å².